The fourth-order valence-corrected chi connectivity index (χ4v) is 0. The van der Waals surface area contributed by atoms with Crippen molar-refractivity contribution >= 4 is 16.8 Å². The minimum absolute atomic E-state index is 1.28. The van der Waals surface area contributed by atoms with Gasteiger partial charge >= 0.3 is 0 Å². The van der Waals surface area contributed by atoms with Crippen molar-refractivity contribution in [2.45, 2.75) is 6.85 Å². The summed E-state index contributed by atoms with van der Waals surface area (Å²) in [5, 5.41) is -1.28. The molecule has 0 aliphatic carbocycles. The maximum atomic E-state index is 9.67. The molecular weight excluding hydrogens is 76.5 g/mol. The van der Waals surface area contributed by atoms with Crippen molar-refractivity contribution < 1.29 is 8.91 Å². The van der Waals surface area contributed by atoms with Crippen LogP contribution in [0.1, 0.15) is 11.0 Å². The van der Waals surface area contributed by atoms with E-state index in [1.807, 2.05) is 0 Å². The molecule has 0 aromatic heterocycles. The summed E-state index contributed by atoms with van der Waals surface area (Å²) in [5.74, 6) is 0. The third-order valence-electron chi connectivity index (χ3n) is 0. The van der Waals surface area contributed by atoms with Gasteiger partial charge in [0.2, 0.25) is 5.24 Å². The van der Waals surface area contributed by atoms with Gasteiger partial charge in [0, 0.05) is 11.0 Å². The highest BCUT2D eigenvalue weighted by Crippen LogP contribution is 1.67. The molecule has 0 aromatic rings. The average molecular weight is 82.5 g/mol. The number of halogens is 1. The van der Waals surface area contributed by atoms with Crippen LogP contribution >= 0.6 is 11.6 Å². The van der Waals surface area contributed by atoms with Crippen LogP contribution in [0.25, 0.3) is 0 Å². The SMILES string of the molecule is [2H][13C]([2H])([2H])C(=O)Cl. The van der Waals surface area contributed by atoms with Crippen molar-refractivity contribution in [1.82, 2.24) is 0 Å². The molecule has 0 aliphatic rings. The maximum absolute atomic E-state index is 9.67. The van der Waals surface area contributed by atoms with Gasteiger partial charge in [0.15, 0.2) is 0 Å². The van der Waals surface area contributed by atoms with Crippen molar-refractivity contribution in [1.29, 1.82) is 0 Å². The number of hydrogen-bond acceptors (Lipinski definition) is 1. The third kappa shape index (κ3) is 1130. The first kappa shape index (κ1) is 0.977. The van der Waals surface area contributed by atoms with E-state index < -0.39 is 12.1 Å². The lowest BCUT2D eigenvalue weighted by molar-refractivity contribution is -0.109. The van der Waals surface area contributed by atoms with Gasteiger partial charge < -0.3 is 0 Å². The lowest BCUT2D eigenvalue weighted by Crippen LogP contribution is -1.62. The van der Waals surface area contributed by atoms with Gasteiger partial charge in [-0.25, -0.2) is 0 Å². The highest BCUT2D eigenvalue weighted by molar-refractivity contribution is 6.62. The molecule has 24 valence electrons. The Morgan fingerprint density at radius 1 is 2.50 bits per heavy atom. The molecule has 0 radical (unpaired) electrons. The summed E-state index contributed by atoms with van der Waals surface area (Å²) in [6.07, 6.45) is 0. The van der Waals surface area contributed by atoms with Crippen LogP contribution < -0.4 is 0 Å². The molecule has 0 rings (SSSR count). The summed E-state index contributed by atoms with van der Waals surface area (Å²) in [6.45, 7) is -2.62. The van der Waals surface area contributed by atoms with Crippen LogP contribution in [-0.4, -0.2) is 5.24 Å². The average Bonchev–Trinajstić information content (AvgIpc) is 1.31. The van der Waals surface area contributed by atoms with Crippen molar-refractivity contribution in [3.05, 3.63) is 0 Å². The lowest BCUT2D eigenvalue weighted by atomic mass is 11.3. The Morgan fingerprint density at radius 3 is 2.75 bits per heavy atom. The Morgan fingerprint density at radius 2 is 2.75 bits per heavy atom. The summed E-state index contributed by atoms with van der Waals surface area (Å²) in [6, 6.07) is 0. The van der Waals surface area contributed by atoms with E-state index in [1.165, 1.54) is 0 Å². The quantitative estimate of drug-likeness (QED) is 0.312. The first-order valence-electron chi connectivity index (χ1n) is 2.14. The van der Waals surface area contributed by atoms with Crippen molar-refractivity contribution in [3.8, 4) is 0 Å². The highest BCUT2D eigenvalue weighted by Gasteiger charge is 1.67. The van der Waals surface area contributed by atoms with Gasteiger partial charge in [-0.1, -0.05) is 0 Å². The van der Waals surface area contributed by atoms with Crippen molar-refractivity contribution in [3.63, 3.8) is 0 Å². The first-order valence-corrected chi connectivity index (χ1v) is 1.02. The minimum atomic E-state index is -2.62. The van der Waals surface area contributed by atoms with Gasteiger partial charge in [-0.15, -0.1) is 0 Å². The Labute approximate surface area is 33.8 Å². The fraction of sp³-hybridized carbons (Fsp3) is 0.500. The number of rotatable bonds is 0. The topological polar surface area (TPSA) is 17.1 Å². The van der Waals surface area contributed by atoms with Crippen molar-refractivity contribution in [2.24, 2.45) is 0 Å². The van der Waals surface area contributed by atoms with Crippen LogP contribution in [0.3, 0.4) is 0 Å². The summed E-state index contributed by atoms with van der Waals surface area (Å²) in [5.41, 5.74) is 0. The van der Waals surface area contributed by atoms with Gasteiger partial charge in [0.25, 0.3) is 0 Å². The maximum Gasteiger partial charge on any atom is 0.218 e. The zero-order valence-electron chi connectivity index (χ0n) is 4.79. The van der Waals surface area contributed by atoms with E-state index in [2.05, 4.69) is 11.6 Å². The van der Waals surface area contributed by atoms with Crippen LogP contribution in [0.15, 0.2) is 0 Å². The summed E-state index contributed by atoms with van der Waals surface area (Å²) in [4.78, 5) is 9.67. The van der Waals surface area contributed by atoms with Gasteiger partial charge in [-0.05, 0) is 11.6 Å². The first-order chi connectivity index (χ1) is 2.94. The molecule has 0 aromatic carbocycles. The van der Waals surface area contributed by atoms with Gasteiger partial charge in [0.1, 0.15) is 0 Å². The molecule has 4 heavy (non-hydrogen) atoms. The molecule has 0 spiro atoms. The monoisotopic (exact) mass is 82.0 g/mol. The standard InChI is InChI=1S/C2H3ClO/c1-2(3)4/h1H3/i1+1D3. The Bertz CT molecular complexity index is 85.4. The number of hydrogen-bond donors (Lipinski definition) is 0. The van der Waals surface area contributed by atoms with Crippen LogP contribution in [0.4, 0.5) is 0 Å². The van der Waals surface area contributed by atoms with Crippen LogP contribution in [0.5, 0.6) is 0 Å². The summed E-state index contributed by atoms with van der Waals surface area (Å²) < 4.78 is 18.7. The van der Waals surface area contributed by atoms with Gasteiger partial charge in [-0.2, -0.15) is 0 Å². The van der Waals surface area contributed by atoms with E-state index in [-0.39, 0.29) is 0 Å². The van der Waals surface area contributed by atoms with E-state index in [0.717, 1.165) is 0 Å². The predicted octanol–water partition coefficient (Wildman–Crippen LogP) is 0.772. The Hall–Kier alpha value is -0.0400. The largest absolute Gasteiger partial charge is 0.282 e. The summed E-state index contributed by atoms with van der Waals surface area (Å²) in [7, 11) is 0. The summed E-state index contributed by atoms with van der Waals surface area (Å²) >= 11 is 4.55. The molecule has 0 atom stereocenters. The molecular formula is C2H3ClO. The molecule has 2 heteroatoms. The Balaban J connectivity index is 3.79. The lowest BCUT2D eigenvalue weighted by Gasteiger charge is -1.52. The molecule has 0 N–H and O–H groups in total. The minimum Gasteiger partial charge on any atom is -0.282 e. The van der Waals surface area contributed by atoms with E-state index >= 15 is 0 Å². The zero-order chi connectivity index (χ0) is 6.08. The molecule has 0 fully saturated rings. The molecule has 0 amide bonds. The van der Waals surface area contributed by atoms with Gasteiger partial charge in [-0.3, -0.25) is 4.79 Å². The molecule has 1 nitrogen and oxygen atoms in total. The predicted molar refractivity (Wildman–Crippen MR) is 16.5 cm³/mol. The fourth-order valence-electron chi connectivity index (χ4n) is 0. The van der Waals surface area contributed by atoms with Gasteiger partial charge in [0.05, 0.1) is 0 Å². The molecule has 0 heterocycles. The highest BCUT2D eigenvalue weighted by atomic mass is 35.5. The zero-order valence-corrected chi connectivity index (χ0v) is 2.54. The van der Waals surface area contributed by atoms with E-state index in [9.17, 15) is 4.79 Å². The molecule has 0 saturated heterocycles. The van der Waals surface area contributed by atoms with E-state index in [0.29, 0.717) is 0 Å². The molecule has 0 bridgehead atoms. The van der Waals surface area contributed by atoms with Crippen molar-refractivity contribution in [2.75, 3.05) is 0 Å². The number of carbonyl (C=O) groups is 1. The second-order valence-corrected chi connectivity index (χ2v) is 0.617. The molecule has 0 unspecified atom stereocenters. The smallest absolute Gasteiger partial charge is 0.218 e. The van der Waals surface area contributed by atoms with E-state index in [1.54, 1.807) is 0 Å². The van der Waals surface area contributed by atoms with E-state index in [4.69, 9.17) is 4.11 Å². The Kier molecular flexibility index (Phi) is 0.317. The third-order valence-corrected chi connectivity index (χ3v) is 0. The molecule has 0 aliphatic heterocycles. The molecule has 0 saturated carbocycles. The normalized spacial score (nSPS) is 20.8. The van der Waals surface area contributed by atoms with Crippen LogP contribution in [-0.2, 0) is 4.79 Å². The second-order valence-electron chi connectivity index (χ2n) is 0.274. The second kappa shape index (κ2) is 1.30. The van der Waals surface area contributed by atoms with Crippen LogP contribution in [0, 0.1) is 0 Å². The van der Waals surface area contributed by atoms with Crippen LogP contribution in [0.2, 0.25) is 0 Å². The number of carbonyl (C=O) groups excluding carboxylic acids is 1.